The van der Waals surface area contributed by atoms with Crippen molar-refractivity contribution in [3.63, 3.8) is 0 Å². The first-order chi connectivity index (χ1) is 6.91. The predicted octanol–water partition coefficient (Wildman–Crippen LogP) is -0.951. The number of carbonyl (C=O) groups excluding carboxylic acids is 1. The van der Waals surface area contributed by atoms with Gasteiger partial charge in [-0.2, -0.15) is 9.57 Å². The quantitative estimate of drug-likeness (QED) is 0.663. The van der Waals surface area contributed by atoms with E-state index in [4.69, 9.17) is 5.26 Å². The first kappa shape index (κ1) is 11.9. The fourth-order valence-corrected chi connectivity index (χ4v) is 2.80. The fourth-order valence-electron chi connectivity index (χ4n) is 1.38. The molecule has 2 unspecified atom stereocenters. The first-order valence-corrected chi connectivity index (χ1v) is 6.09. The van der Waals surface area contributed by atoms with E-state index in [0.717, 1.165) is 4.31 Å². The maximum atomic E-state index is 11.8. The molecule has 0 bridgehead atoms. The van der Waals surface area contributed by atoms with Crippen molar-refractivity contribution in [3.8, 4) is 6.07 Å². The lowest BCUT2D eigenvalue weighted by Gasteiger charge is -2.32. The van der Waals surface area contributed by atoms with Crippen LogP contribution in [-0.4, -0.2) is 43.0 Å². The van der Waals surface area contributed by atoms with Crippen LogP contribution in [0.25, 0.3) is 0 Å². The van der Waals surface area contributed by atoms with Gasteiger partial charge in [-0.25, -0.2) is 8.42 Å². The lowest BCUT2D eigenvalue weighted by molar-refractivity contribution is -0.126. The van der Waals surface area contributed by atoms with Crippen LogP contribution in [0.3, 0.4) is 0 Å². The molecule has 0 aromatic heterocycles. The Labute approximate surface area is 88.9 Å². The van der Waals surface area contributed by atoms with Gasteiger partial charge in [-0.15, -0.1) is 0 Å². The maximum Gasteiger partial charge on any atom is 0.238 e. The summed E-state index contributed by atoms with van der Waals surface area (Å²) in [5.74, 6) is -0.324. The third-order valence-electron chi connectivity index (χ3n) is 2.40. The van der Waals surface area contributed by atoms with Gasteiger partial charge in [0.1, 0.15) is 6.04 Å². The number of sulfonamides is 1. The number of nitrogens with one attached hydrogen (secondary N) is 1. The highest BCUT2D eigenvalue weighted by Crippen LogP contribution is 2.14. The molecule has 0 aliphatic carbocycles. The van der Waals surface area contributed by atoms with Crippen LogP contribution in [0.15, 0.2) is 0 Å². The molecular formula is C8H13N3O3S. The van der Waals surface area contributed by atoms with Crippen LogP contribution in [0.2, 0.25) is 0 Å². The molecule has 1 aliphatic heterocycles. The SMILES string of the molecule is CC1C(=O)NCCN1S(=O)(=O)C(C)C#N. The lowest BCUT2D eigenvalue weighted by atomic mass is 10.2. The molecule has 2 atom stereocenters. The summed E-state index contributed by atoms with van der Waals surface area (Å²) in [5, 5.41) is 10.0. The standard InChI is InChI=1S/C8H13N3O3S/c1-6(5-9)15(13,14)11-4-3-10-8(12)7(11)2/h6-7H,3-4H2,1-2H3,(H,10,12). The number of hydrogen-bond acceptors (Lipinski definition) is 4. The Morgan fingerprint density at radius 2 is 2.27 bits per heavy atom. The third-order valence-corrected chi connectivity index (χ3v) is 4.55. The molecule has 0 aromatic rings. The molecule has 6 nitrogen and oxygen atoms in total. The van der Waals surface area contributed by atoms with Gasteiger partial charge < -0.3 is 5.32 Å². The Balaban J connectivity index is 2.98. The topological polar surface area (TPSA) is 90.3 Å². The van der Waals surface area contributed by atoms with E-state index in [1.165, 1.54) is 13.8 Å². The minimum absolute atomic E-state index is 0.223. The third kappa shape index (κ3) is 2.11. The van der Waals surface area contributed by atoms with Crippen molar-refractivity contribution < 1.29 is 13.2 Å². The smallest absolute Gasteiger partial charge is 0.238 e. The number of carbonyl (C=O) groups is 1. The summed E-state index contributed by atoms with van der Waals surface area (Å²) in [4.78, 5) is 11.3. The number of rotatable bonds is 2. The lowest BCUT2D eigenvalue weighted by Crippen LogP contribution is -2.57. The minimum Gasteiger partial charge on any atom is -0.353 e. The predicted molar refractivity (Wildman–Crippen MR) is 53.2 cm³/mol. The zero-order valence-corrected chi connectivity index (χ0v) is 9.41. The summed E-state index contributed by atoms with van der Waals surface area (Å²) < 4.78 is 24.7. The van der Waals surface area contributed by atoms with E-state index in [1.807, 2.05) is 0 Å². The zero-order chi connectivity index (χ0) is 11.6. The molecule has 7 heteroatoms. The van der Waals surface area contributed by atoms with Gasteiger partial charge in [0.15, 0.2) is 5.25 Å². The van der Waals surface area contributed by atoms with E-state index >= 15 is 0 Å². The second-order valence-corrected chi connectivity index (χ2v) is 5.60. The van der Waals surface area contributed by atoms with E-state index in [9.17, 15) is 13.2 Å². The van der Waals surface area contributed by atoms with Crippen LogP contribution in [-0.2, 0) is 14.8 Å². The molecule has 15 heavy (non-hydrogen) atoms. The van der Waals surface area contributed by atoms with Crippen LogP contribution in [0, 0.1) is 11.3 Å². The van der Waals surface area contributed by atoms with E-state index in [1.54, 1.807) is 6.07 Å². The Morgan fingerprint density at radius 1 is 1.67 bits per heavy atom. The zero-order valence-electron chi connectivity index (χ0n) is 8.60. The molecule has 0 aromatic carbocycles. The molecule has 1 aliphatic rings. The molecule has 0 saturated carbocycles. The molecular weight excluding hydrogens is 218 g/mol. The molecule has 0 radical (unpaired) electrons. The normalized spacial score (nSPS) is 25.4. The molecule has 1 N–H and O–H groups in total. The number of nitrogens with zero attached hydrogens (tertiary/aromatic N) is 2. The second-order valence-electron chi connectivity index (χ2n) is 3.39. The van der Waals surface area contributed by atoms with Gasteiger partial charge >= 0.3 is 0 Å². The van der Waals surface area contributed by atoms with E-state index < -0.39 is 21.3 Å². The van der Waals surface area contributed by atoms with Crippen molar-refractivity contribution >= 4 is 15.9 Å². The Hall–Kier alpha value is -1.13. The van der Waals surface area contributed by atoms with E-state index in [-0.39, 0.29) is 12.5 Å². The monoisotopic (exact) mass is 231 g/mol. The highest BCUT2D eigenvalue weighted by molar-refractivity contribution is 7.90. The van der Waals surface area contributed by atoms with Crippen LogP contribution >= 0.6 is 0 Å². The summed E-state index contributed by atoms with van der Waals surface area (Å²) in [6.07, 6.45) is 0. The largest absolute Gasteiger partial charge is 0.353 e. The molecule has 0 spiro atoms. The Bertz CT molecular complexity index is 398. The van der Waals surface area contributed by atoms with Crippen molar-refractivity contribution in [2.75, 3.05) is 13.1 Å². The average Bonchev–Trinajstić information content (AvgIpc) is 2.20. The van der Waals surface area contributed by atoms with Crippen molar-refractivity contribution in [3.05, 3.63) is 0 Å². The summed E-state index contributed by atoms with van der Waals surface area (Å²) in [6, 6.07) is 0.940. The highest BCUT2D eigenvalue weighted by atomic mass is 32.2. The van der Waals surface area contributed by atoms with Crippen molar-refractivity contribution in [1.82, 2.24) is 9.62 Å². The Morgan fingerprint density at radius 3 is 2.80 bits per heavy atom. The minimum atomic E-state index is -3.68. The molecule has 1 rings (SSSR count). The summed E-state index contributed by atoms with van der Waals surface area (Å²) in [6.45, 7) is 3.34. The van der Waals surface area contributed by atoms with Crippen LogP contribution < -0.4 is 5.32 Å². The van der Waals surface area contributed by atoms with Crippen LogP contribution in [0.5, 0.6) is 0 Å². The number of piperazine rings is 1. The molecule has 1 amide bonds. The number of hydrogen-bond donors (Lipinski definition) is 1. The summed E-state index contributed by atoms with van der Waals surface area (Å²) in [7, 11) is -3.68. The van der Waals surface area contributed by atoms with Crippen LogP contribution in [0.4, 0.5) is 0 Å². The van der Waals surface area contributed by atoms with Gasteiger partial charge in [0, 0.05) is 13.1 Å². The molecule has 1 heterocycles. The number of amides is 1. The fraction of sp³-hybridized carbons (Fsp3) is 0.750. The molecule has 84 valence electrons. The van der Waals surface area contributed by atoms with E-state index in [2.05, 4.69) is 5.32 Å². The summed E-state index contributed by atoms with van der Waals surface area (Å²) in [5.41, 5.74) is 0. The Kier molecular flexibility index (Phi) is 3.31. The summed E-state index contributed by atoms with van der Waals surface area (Å²) >= 11 is 0. The van der Waals surface area contributed by atoms with Crippen LogP contribution in [0.1, 0.15) is 13.8 Å². The first-order valence-electron chi connectivity index (χ1n) is 4.59. The highest BCUT2D eigenvalue weighted by Gasteiger charge is 2.37. The molecule has 1 saturated heterocycles. The van der Waals surface area contributed by atoms with Gasteiger partial charge in [0.05, 0.1) is 6.07 Å². The van der Waals surface area contributed by atoms with Gasteiger partial charge in [0.2, 0.25) is 15.9 Å². The maximum absolute atomic E-state index is 11.8. The van der Waals surface area contributed by atoms with Crippen molar-refractivity contribution in [1.29, 1.82) is 5.26 Å². The number of nitriles is 1. The second kappa shape index (κ2) is 4.16. The average molecular weight is 231 g/mol. The van der Waals surface area contributed by atoms with Gasteiger partial charge in [-0.3, -0.25) is 4.79 Å². The van der Waals surface area contributed by atoms with Crippen molar-refractivity contribution in [2.24, 2.45) is 0 Å². The van der Waals surface area contributed by atoms with Gasteiger partial charge in [-0.1, -0.05) is 0 Å². The van der Waals surface area contributed by atoms with E-state index in [0.29, 0.717) is 6.54 Å². The van der Waals surface area contributed by atoms with Gasteiger partial charge in [0.25, 0.3) is 0 Å². The van der Waals surface area contributed by atoms with Gasteiger partial charge in [-0.05, 0) is 13.8 Å². The molecule has 1 fully saturated rings. The van der Waals surface area contributed by atoms with Crippen molar-refractivity contribution in [2.45, 2.75) is 25.1 Å².